The van der Waals surface area contributed by atoms with Crippen molar-refractivity contribution in [1.82, 2.24) is 15.2 Å². The maximum absolute atomic E-state index is 11.0. The molecule has 0 radical (unpaired) electrons. The van der Waals surface area contributed by atoms with Gasteiger partial charge in [-0.1, -0.05) is 0 Å². The number of hydrogen-bond donors (Lipinski definition) is 2. The fourth-order valence-electron chi connectivity index (χ4n) is 2.55. The summed E-state index contributed by atoms with van der Waals surface area (Å²) in [4.78, 5) is 17.8. The molecule has 0 aliphatic carbocycles. The zero-order valence-electron chi connectivity index (χ0n) is 11.9. The molecule has 2 rings (SSSR count). The number of carbonyl (C=O) groups excluding carboxylic acids is 1. The Morgan fingerprint density at radius 2 is 2.32 bits per heavy atom. The molecule has 1 aromatic heterocycles. The molecule has 2 heterocycles. The molecule has 1 aliphatic rings. The van der Waals surface area contributed by atoms with Gasteiger partial charge in [0.25, 0.3) is 0 Å². The van der Waals surface area contributed by atoms with Crippen LogP contribution in [-0.4, -0.2) is 34.9 Å². The van der Waals surface area contributed by atoms with Crippen molar-refractivity contribution in [2.75, 3.05) is 18.8 Å². The Kier molecular flexibility index (Phi) is 4.04. The van der Waals surface area contributed by atoms with E-state index >= 15 is 0 Å². The van der Waals surface area contributed by atoms with Gasteiger partial charge in [0.05, 0.1) is 5.69 Å². The third-order valence-electron chi connectivity index (χ3n) is 3.73. The lowest BCUT2D eigenvalue weighted by Crippen LogP contribution is -2.35. The summed E-state index contributed by atoms with van der Waals surface area (Å²) in [5, 5.41) is 2.97. The summed E-state index contributed by atoms with van der Waals surface area (Å²) in [6.07, 6.45) is 2.83. The molecule has 0 spiro atoms. The number of carbonyl (C=O) groups is 1. The van der Waals surface area contributed by atoms with Gasteiger partial charge in [0.15, 0.2) is 0 Å². The molecular formula is C14H22N4O. The number of nitrogens with two attached hydrogens (primary N) is 1. The summed E-state index contributed by atoms with van der Waals surface area (Å²) in [5.74, 6) is 0.0423. The predicted molar refractivity (Wildman–Crippen MR) is 75.6 cm³/mol. The molecule has 1 amide bonds. The number of pyridine rings is 1. The van der Waals surface area contributed by atoms with E-state index in [4.69, 9.17) is 5.73 Å². The molecule has 19 heavy (non-hydrogen) atoms. The van der Waals surface area contributed by atoms with E-state index in [2.05, 4.69) is 15.2 Å². The van der Waals surface area contributed by atoms with Crippen LogP contribution in [-0.2, 0) is 11.3 Å². The van der Waals surface area contributed by atoms with Gasteiger partial charge >= 0.3 is 0 Å². The predicted octanol–water partition coefficient (Wildman–Crippen LogP) is 0.991. The number of likely N-dealkylation sites (tertiary alicyclic amines) is 1. The number of nitrogens with zero attached hydrogens (tertiary/aromatic N) is 2. The average Bonchev–Trinajstić information content (AvgIpc) is 2.76. The minimum atomic E-state index is 0.0423. The standard InChI is InChI=1S/C14H22N4O/c1-9-6-16-13(10(2)14(9)15)8-18-5-4-12(7-18)17-11(3)19/h6,12H,4-5,7-8H2,1-3H3,(H2,15,16)(H,17,19). The fourth-order valence-corrected chi connectivity index (χ4v) is 2.55. The third-order valence-corrected chi connectivity index (χ3v) is 3.73. The molecule has 1 saturated heterocycles. The van der Waals surface area contributed by atoms with Crippen molar-refractivity contribution in [3.05, 3.63) is 23.0 Å². The van der Waals surface area contributed by atoms with Crippen molar-refractivity contribution in [3.8, 4) is 0 Å². The summed E-state index contributed by atoms with van der Waals surface area (Å²) in [7, 11) is 0. The number of aromatic nitrogens is 1. The lowest BCUT2D eigenvalue weighted by molar-refractivity contribution is -0.119. The Labute approximate surface area is 114 Å². The lowest BCUT2D eigenvalue weighted by atomic mass is 10.1. The highest BCUT2D eigenvalue weighted by molar-refractivity contribution is 5.73. The van der Waals surface area contributed by atoms with Gasteiger partial charge in [0, 0.05) is 44.5 Å². The van der Waals surface area contributed by atoms with E-state index in [1.54, 1.807) is 6.92 Å². The highest BCUT2D eigenvalue weighted by atomic mass is 16.1. The average molecular weight is 262 g/mol. The van der Waals surface area contributed by atoms with Gasteiger partial charge in [-0.05, 0) is 31.4 Å². The zero-order valence-corrected chi connectivity index (χ0v) is 11.9. The van der Waals surface area contributed by atoms with Crippen LogP contribution < -0.4 is 11.1 Å². The van der Waals surface area contributed by atoms with Crippen molar-refractivity contribution < 1.29 is 4.79 Å². The maximum atomic E-state index is 11.0. The normalized spacial score (nSPS) is 19.6. The van der Waals surface area contributed by atoms with Crippen molar-refractivity contribution >= 4 is 11.6 Å². The second-order valence-electron chi connectivity index (χ2n) is 5.35. The molecule has 5 heteroatoms. The second kappa shape index (κ2) is 5.57. The SMILES string of the molecule is CC(=O)NC1CCN(Cc2ncc(C)c(N)c2C)C1. The topological polar surface area (TPSA) is 71.2 Å². The quantitative estimate of drug-likeness (QED) is 0.852. The van der Waals surface area contributed by atoms with Gasteiger partial charge < -0.3 is 11.1 Å². The number of anilines is 1. The van der Waals surface area contributed by atoms with E-state index in [1.165, 1.54) is 0 Å². The molecule has 3 N–H and O–H groups in total. The number of nitrogens with one attached hydrogen (secondary N) is 1. The number of hydrogen-bond acceptors (Lipinski definition) is 4. The fraction of sp³-hybridized carbons (Fsp3) is 0.571. The highest BCUT2D eigenvalue weighted by Gasteiger charge is 2.23. The molecule has 0 bridgehead atoms. The van der Waals surface area contributed by atoms with E-state index in [0.29, 0.717) is 0 Å². The Hall–Kier alpha value is -1.62. The molecule has 0 saturated carbocycles. The smallest absolute Gasteiger partial charge is 0.217 e. The van der Waals surface area contributed by atoms with Gasteiger partial charge in [-0.25, -0.2) is 0 Å². The molecule has 1 atom stereocenters. The monoisotopic (exact) mass is 262 g/mol. The summed E-state index contributed by atoms with van der Waals surface area (Å²) >= 11 is 0. The van der Waals surface area contributed by atoms with Crippen LogP contribution in [0.4, 0.5) is 5.69 Å². The van der Waals surface area contributed by atoms with Crippen LogP contribution in [0.3, 0.4) is 0 Å². The van der Waals surface area contributed by atoms with E-state index in [9.17, 15) is 4.79 Å². The molecule has 5 nitrogen and oxygen atoms in total. The number of nitrogen functional groups attached to an aromatic ring is 1. The highest BCUT2D eigenvalue weighted by Crippen LogP contribution is 2.20. The molecule has 1 aromatic rings. The van der Waals surface area contributed by atoms with Crippen molar-refractivity contribution in [2.24, 2.45) is 0 Å². The van der Waals surface area contributed by atoms with E-state index < -0.39 is 0 Å². The molecule has 1 fully saturated rings. The van der Waals surface area contributed by atoms with Crippen LogP contribution in [0.25, 0.3) is 0 Å². The summed E-state index contributed by atoms with van der Waals surface area (Å²) < 4.78 is 0. The van der Waals surface area contributed by atoms with Gasteiger partial charge in [0.1, 0.15) is 0 Å². The molecule has 104 valence electrons. The maximum Gasteiger partial charge on any atom is 0.217 e. The van der Waals surface area contributed by atoms with Crippen LogP contribution in [0.15, 0.2) is 6.20 Å². The first-order valence-corrected chi connectivity index (χ1v) is 6.67. The first-order chi connectivity index (χ1) is 8.97. The molecule has 0 aromatic carbocycles. The van der Waals surface area contributed by atoms with Crippen LogP contribution in [0.1, 0.15) is 30.2 Å². The zero-order chi connectivity index (χ0) is 14.0. The van der Waals surface area contributed by atoms with Crippen LogP contribution in [0, 0.1) is 13.8 Å². The van der Waals surface area contributed by atoms with Gasteiger partial charge in [-0.3, -0.25) is 14.7 Å². The van der Waals surface area contributed by atoms with Crippen LogP contribution >= 0.6 is 0 Å². The second-order valence-corrected chi connectivity index (χ2v) is 5.35. The van der Waals surface area contributed by atoms with Gasteiger partial charge in [0.2, 0.25) is 5.91 Å². The van der Waals surface area contributed by atoms with Crippen molar-refractivity contribution in [1.29, 1.82) is 0 Å². The van der Waals surface area contributed by atoms with E-state index in [1.807, 2.05) is 20.0 Å². The number of aryl methyl sites for hydroxylation is 1. The Morgan fingerprint density at radius 3 is 3.00 bits per heavy atom. The van der Waals surface area contributed by atoms with Gasteiger partial charge in [-0.2, -0.15) is 0 Å². The van der Waals surface area contributed by atoms with Crippen LogP contribution in [0.2, 0.25) is 0 Å². The largest absolute Gasteiger partial charge is 0.398 e. The molecule has 1 unspecified atom stereocenters. The summed E-state index contributed by atoms with van der Waals surface area (Å²) in [5.41, 5.74) is 10.0. The molecule has 1 aliphatic heterocycles. The number of rotatable bonds is 3. The summed E-state index contributed by atoms with van der Waals surface area (Å²) in [6.45, 7) is 8.23. The minimum Gasteiger partial charge on any atom is -0.398 e. The Balaban J connectivity index is 2.00. The van der Waals surface area contributed by atoms with Crippen molar-refractivity contribution in [3.63, 3.8) is 0 Å². The van der Waals surface area contributed by atoms with E-state index in [-0.39, 0.29) is 11.9 Å². The van der Waals surface area contributed by atoms with Crippen LogP contribution in [0.5, 0.6) is 0 Å². The molecular weight excluding hydrogens is 240 g/mol. The van der Waals surface area contributed by atoms with Crippen molar-refractivity contribution in [2.45, 2.75) is 39.8 Å². The first kappa shape index (κ1) is 13.8. The lowest BCUT2D eigenvalue weighted by Gasteiger charge is -2.18. The first-order valence-electron chi connectivity index (χ1n) is 6.67. The Morgan fingerprint density at radius 1 is 1.58 bits per heavy atom. The third kappa shape index (κ3) is 3.23. The minimum absolute atomic E-state index is 0.0423. The van der Waals surface area contributed by atoms with Gasteiger partial charge in [-0.15, -0.1) is 0 Å². The Bertz CT molecular complexity index is 487. The van der Waals surface area contributed by atoms with E-state index in [0.717, 1.165) is 48.6 Å². The number of amides is 1. The summed E-state index contributed by atoms with van der Waals surface area (Å²) in [6, 6.07) is 0.264.